The highest BCUT2D eigenvalue weighted by atomic mass is 15.3. The van der Waals surface area contributed by atoms with Crippen LogP contribution in [0.4, 0.5) is 45.5 Å². The largest absolute Gasteiger partial charge is 0.334 e. The molecule has 2 atom stereocenters. The van der Waals surface area contributed by atoms with Gasteiger partial charge in [-0.3, -0.25) is 0 Å². The fourth-order valence-electron chi connectivity index (χ4n) is 19.0. The Morgan fingerprint density at radius 3 is 1.51 bits per heavy atom. The third-order valence-corrected chi connectivity index (χ3v) is 24.7. The van der Waals surface area contributed by atoms with Crippen LogP contribution in [0.1, 0.15) is 230 Å². The van der Waals surface area contributed by atoms with E-state index in [1.165, 1.54) is 154 Å². The van der Waals surface area contributed by atoms with Gasteiger partial charge in [0.25, 0.3) is 6.71 Å². The summed E-state index contributed by atoms with van der Waals surface area (Å²) in [4.78, 5) is 8.52. The van der Waals surface area contributed by atoms with Crippen LogP contribution in [0.2, 0.25) is 0 Å². The van der Waals surface area contributed by atoms with Crippen molar-refractivity contribution in [2.45, 2.75) is 225 Å². The standard InChI is InChI=1S/C83H94BN3/c1-51-66(37-35-59-73(51)79(11,12)43-42-76(59,5)6)85-69-49-61-60(77(7,8)40-41-78(61,9)10)47-64(69)84-65-48-62-63(81(15,16)57-31-23-22-30-56(57)80(62,13)14)50-70(65)86(67-36-34-53(75(2,3)4)44-55(67)52-28-20-19-21-29-52)72-46-54(45-71(85)74(72)84)87-68-33-25-24-32-58(68)82(17)38-26-27-39-83(82,87)18/h19-25,28-37,44-50H,26-27,38-43H2,1-18H3. The summed E-state index contributed by atoms with van der Waals surface area (Å²) in [6.45, 7) is 44.9. The predicted molar refractivity (Wildman–Crippen MR) is 373 cm³/mol. The Bertz CT molecular complexity index is 4240. The quantitative estimate of drug-likeness (QED) is 0.163. The highest BCUT2D eigenvalue weighted by molar-refractivity contribution is 7.00. The molecule has 2 unspecified atom stereocenters. The topological polar surface area (TPSA) is 9.72 Å². The summed E-state index contributed by atoms with van der Waals surface area (Å²) in [5, 5.41) is 0. The zero-order valence-corrected chi connectivity index (χ0v) is 55.9. The van der Waals surface area contributed by atoms with Crippen LogP contribution in [0.15, 0.2) is 146 Å². The van der Waals surface area contributed by atoms with E-state index in [1.54, 1.807) is 5.56 Å². The first-order valence-corrected chi connectivity index (χ1v) is 33.4. The minimum absolute atomic E-state index is 0.00521. The maximum Gasteiger partial charge on any atom is 0.252 e. The maximum atomic E-state index is 2.87. The van der Waals surface area contributed by atoms with Gasteiger partial charge >= 0.3 is 0 Å². The minimum atomic E-state index is -0.269. The first kappa shape index (κ1) is 56.7. The molecule has 1 fully saturated rings. The molecular formula is C83H94BN3. The van der Waals surface area contributed by atoms with E-state index in [0.717, 1.165) is 25.7 Å². The van der Waals surface area contributed by atoms with E-state index >= 15 is 0 Å². The molecule has 0 N–H and O–H groups in total. The molecule has 3 aliphatic heterocycles. The SMILES string of the molecule is Cc1c(N2c3cc4c(cc3B3c5cc6c(cc5N(c5ccc(C(C)(C)C)cc5-c5ccccc5)c5cc(N7c8ccccc8C8(C)CCCCC78C)cc2c53)C(C)(C)c2ccccc2C6(C)C)C(C)(C)CCC4(C)C)ccc2c1C(C)(C)CCC2(C)C. The molecule has 0 saturated heterocycles. The molecule has 8 aromatic carbocycles. The van der Waals surface area contributed by atoms with Crippen LogP contribution in [-0.4, -0.2) is 12.3 Å². The Labute approximate surface area is 523 Å². The van der Waals surface area contributed by atoms with Crippen LogP contribution >= 0.6 is 0 Å². The molecule has 4 heteroatoms. The summed E-state index contributed by atoms with van der Waals surface area (Å²) in [5.74, 6) is 0. The summed E-state index contributed by atoms with van der Waals surface area (Å²) >= 11 is 0. The van der Waals surface area contributed by atoms with Gasteiger partial charge < -0.3 is 14.7 Å². The van der Waals surface area contributed by atoms with Crippen LogP contribution in [0.3, 0.4) is 0 Å². The third-order valence-electron chi connectivity index (χ3n) is 24.7. The summed E-state index contributed by atoms with van der Waals surface area (Å²) in [6, 6.07) is 59.3. The molecule has 444 valence electrons. The van der Waals surface area contributed by atoms with Crippen molar-refractivity contribution in [3.05, 3.63) is 207 Å². The van der Waals surface area contributed by atoms with E-state index in [-0.39, 0.29) is 55.6 Å². The Kier molecular flexibility index (Phi) is 11.9. The van der Waals surface area contributed by atoms with Gasteiger partial charge in [0.05, 0.1) is 11.2 Å². The molecule has 1 saturated carbocycles. The molecule has 0 aromatic heterocycles. The van der Waals surface area contributed by atoms with Gasteiger partial charge in [-0.25, -0.2) is 0 Å². The molecule has 87 heavy (non-hydrogen) atoms. The second-order valence-electron chi connectivity index (χ2n) is 33.4. The van der Waals surface area contributed by atoms with Gasteiger partial charge in [0.2, 0.25) is 0 Å². The molecule has 4 aliphatic carbocycles. The van der Waals surface area contributed by atoms with Gasteiger partial charge in [-0.05, 0) is 211 Å². The van der Waals surface area contributed by atoms with Crippen molar-refractivity contribution >= 4 is 68.6 Å². The second-order valence-corrected chi connectivity index (χ2v) is 33.4. The van der Waals surface area contributed by atoms with Crippen LogP contribution in [0.5, 0.6) is 0 Å². The van der Waals surface area contributed by atoms with Crippen molar-refractivity contribution in [3.63, 3.8) is 0 Å². The second kappa shape index (κ2) is 18.2. The number of rotatable bonds is 4. The zero-order valence-electron chi connectivity index (χ0n) is 55.9. The lowest BCUT2D eigenvalue weighted by molar-refractivity contribution is 0.195. The fourth-order valence-corrected chi connectivity index (χ4v) is 19.0. The van der Waals surface area contributed by atoms with Crippen LogP contribution < -0.4 is 31.1 Å². The average Bonchev–Trinajstić information content (AvgIpc) is 1.51. The average molecular weight is 1140 g/mol. The predicted octanol–water partition coefficient (Wildman–Crippen LogP) is 20.4. The lowest BCUT2D eigenvalue weighted by atomic mass is 9.32. The zero-order chi connectivity index (χ0) is 61.3. The van der Waals surface area contributed by atoms with Crippen molar-refractivity contribution in [3.8, 4) is 11.1 Å². The van der Waals surface area contributed by atoms with Crippen molar-refractivity contribution in [1.29, 1.82) is 0 Å². The summed E-state index contributed by atoms with van der Waals surface area (Å²) in [5.41, 5.74) is 32.4. The number of hydrogen-bond donors (Lipinski definition) is 0. The van der Waals surface area contributed by atoms with Gasteiger partial charge in [0, 0.05) is 61.6 Å². The normalized spacial score (nSPS) is 23.2. The van der Waals surface area contributed by atoms with Gasteiger partial charge in [-0.15, -0.1) is 0 Å². The molecule has 8 aromatic rings. The number of hydrogen-bond acceptors (Lipinski definition) is 3. The molecule has 0 spiro atoms. The number of fused-ring (bicyclic) bond motifs is 11. The Hall–Kier alpha value is -6.78. The number of benzene rings is 8. The lowest BCUT2D eigenvalue weighted by Crippen LogP contribution is -2.62. The molecule has 0 bridgehead atoms. The highest BCUT2D eigenvalue weighted by Gasteiger charge is 2.59. The third kappa shape index (κ3) is 7.73. The van der Waals surface area contributed by atoms with Gasteiger partial charge in [-0.2, -0.15) is 0 Å². The summed E-state index contributed by atoms with van der Waals surface area (Å²) < 4.78 is 0. The number of nitrogens with zero attached hydrogens (tertiary/aromatic N) is 3. The molecular weight excluding hydrogens is 1050 g/mol. The molecule has 0 amide bonds. The Morgan fingerprint density at radius 1 is 0.391 bits per heavy atom. The fraction of sp³-hybridized carbons (Fsp3) is 0.422. The molecule has 3 heterocycles. The smallest absolute Gasteiger partial charge is 0.252 e. The van der Waals surface area contributed by atoms with Crippen LogP contribution in [0.25, 0.3) is 11.1 Å². The lowest BCUT2D eigenvalue weighted by Gasteiger charge is -2.52. The van der Waals surface area contributed by atoms with E-state index in [9.17, 15) is 0 Å². The van der Waals surface area contributed by atoms with Gasteiger partial charge in [0.15, 0.2) is 0 Å². The number of anilines is 8. The van der Waals surface area contributed by atoms with Gasteiger partial charge in [-0.1, -0.05) is 221 Å². The van der Waals surface area contributed by atoms with Crippen molar-refractivity contribution in [2.24, 2.45) is 0 Å². The summed E-state index contributed by atoms with van der Waals surface area (Å²) in [6.07, 6.45) is 9.42. The van der Waals surface area contributed by atoms with E-state index in [0.29, 0.717) is 0 Å². The first-order chi connectivity index (χ1) is 40.9. The molecule has 3 nitrogen and oxygen atoms in total. The van der Waals surface area contributed by atoms with Crippen molar-refractivity contribution in [2.75, 3.05) is 14.7 Å². The van der Waals surface area contributed by atoms with Crippen molar-refractivity contribution in [1.82, 2.24) is 0 Å². The van der Waals surface area contributed by atoms with E-state index < -0.39 is 0 Å². The van der Waals surface area contributed by atoms with Crippen molar-refractivity contribution < 1.29 is 0 Å². The highest BCUT2D eigenvalue weighted by Crippen LogP contribution is 2.63. The monoisotopic (exact) mass is 1140 g/mol. The Balaban J connectivity index is 1.14. The number of para-hydroxylation sites is 1. The van der Waals surface area contributed by atoms with E-state index in [2.05, 4.69) is 285 Å². The summed E-state index contributed by atoms with van der Waals surface area (Å²) in [7, 11) is 0. The Morgan fingerprint density at radius 2 is 0.885 bits per heavy atom. The van der Waals surface area contributed by atoms with Crippen LogP contribution in [-0.2, 0) is 43.3 Å². The first-order valence-electron chi connectivity index (χ1n) is 33.4. The van der Waals surface area contributed by atoms with E-state index in [4.69, 9.17) is 0 Å². The maximum absolute atomic E-state index is 2.87. The van der Waals surface area contributed by atoms with E-state index in [1.807, 2.05) is 0 Å². The van der Waals surface area contributed by atoms with Gasteiger partial charge in [0.1, 0.15) is 0 Å². The molecule has 15 rings (SSSR count). The molecule has 0 radical (unpaired) electrons. The molecule has 7 aliphatic rings. The minimum Gasteiger partial charge on any atom is -0.334 e. The van der Waals surface area contributed by atoms with Crippen LogP contribution in [0, 0.1) is 6.92 Å².